The number of aromatic nitrogens is 1. The zero-order chi connectivity index (χ0) is 41.8. The number of hydrogen-bond donors (Lipinski definition) is 11. The van der Waals surface area contributed by atoms with Crippen LogP contribution in [0, 0.1) is 17.2 Å². The first kappa shape index (κ1) is 47.3. The van der Waals surface area contributed by atoms with E-state index >= 15 is 0 Å². The van der Waals surface area contributed by atoms with Gasteiger partial charge in [-0.25, -0.2) is 0 Å². The van der Waals surface area contributed by atoms with E-state index in [0.29, 0.717) is 50.9 Å². The Kier molecular flexibility index (Phi) is 20.8. The van der Waals surface area contributed by atoms with Crippen LogP contribution in [0.25, 0.3) is 10.9 Å². The van der Waals surface area contributed by atoms with E-state index in [0.717, 1.165) is 16.5 Å². The number of rotatable bonds is 26. The van der Waals surface area contributed by atoms with Crippen molar-refractivity contribution < 1.29 is 28.8 Å². The van der Waals surface area contributed by atoms with Crippen LogP contribution in [0.2, 0.25) is 0 Å². The summed E-state index contributed by atoms with van der Waals surface area (Å²) in [7, 11) is 0. The molecule has 0 saturated heterocycles. The Bertz CT molecular complexity index is 1620. The second-order valence-electron chi connectivity index (χ2n) is 14.2. The Hall–Kier alpha value is -4.84. The summed E-state index contributed by atoms with van der Waals surface area (Å²) in [5, 5.41) is 24.7. The normalized spacial score (nSPS) is 14.9. The number of nitrogens with two attached hydrogens (primary N) is 3. The molecule has 1 aromatic heterocycles. The van der Waals surface area contributed by atoms with Gasteiger partial charge in [0.2, 0.25) is 35.4 Å². The van der Waals surface area contributed by atoms with E-state index in [2.05, 4.69) is 36.9 Å². The fourth-order valence-corrected chi connectivity index (χ4v) is 6.48. The highest BCUT2D eigenvalue weighted by atomic mass is 32.2. The predicted octanol–water partition coefficient (Wildman–Crippen LogP) is 0.467. The minimum atomic E-state index is -1.16. The molecule has 0 saturated carbocycles. The molecule has 14 N–H and O–H groups in total. The molecule has 1 aromatic carbocycles. The van der Waals surface area contributed by atoms with Gasteiger partial charge in [-0.2, -0.15) is 11.8 Å². The number of para-hydroxylation sites is 1. The minimum Gasteiger partial charge on any atom is -0.370 e. The molecule has 2 aromatic rings. The van der Waals surface area contributed by atoms with E-state index in [9.17, 15) is 28.8 Å². The highest BCUT2D eigenvalue weighted by Crippen LogP contribution is 2.20. The summed E-state index contributed by atoms with van der Waals surface area (Å²) in [4.78, 5) is 83.3. The van der Waals surface area contributed by atoms with Crippen LogP contribution >= 0.6 is 11.8 Å². The number of primary amides is 1. The third kappa shape index (κ3) is 15.7. The summed E-state index contributed by atoms with van der Waals surface area (Å²) >= 11 is 1.47. The highest BCUT2D eigenvalue weighted by molar-refractivity contribution is 7.98. The predicted molar refractivity (Wildman–Crippen MR) is 220 cm³/mol. The van der Waals surface area contributed by atoms with Crippen molar-refractivity contribution in [2.45, 2.75) is 109 Å². The summed E-state index contributed by atoms with van der Waals surface area (Å²) in [5.74, 6) is -3.79. The zero-order valence-corrected chi connectivity index (χ0v) is 34.1. The molecular formula is C38H63N11O6S. The lowest BCUT2D eigenvalue weighted by atomic mass is 9.98. The number of amides is 6. The summed E-state index contributed by atoms with van der Waals surface area (Å²) in [6.07, 6.45) is 6.99. The van der Waals surface area contributed by atoms with Gasteiger partial charge in [-0.1, -0.05) is 45.4 Å². The largest absolute Gasteiger partial charge is 0.370 e. The lowest BCUT2D eigenvalue weighted by molar-refractivity contribution is -0.135. The Balaban J connectivity index is 2.34. The van der Waals surface area contributed by atoms with Gasteiger partial charge in [-0.15, -0.1) is 0 Å². The van der Waals surface area contributed by atoms with Gasteiger partial charge in [-0.3, -0.25) is 34.2 Å². The van der Waals surface area contributed by atoms with Crippen LogP contribution in [-0.2, 0) is 35.2 Å². The first-order valence-corrected chi connectivity index (χ1v) is 20.7. The Labute approximate surface area is 333 Å². The molecule has 0 unspecified atom stereocenters. The number of H-pyrrole nitrogens is 1. The molecule has 0 radical (unpaired) electrons. The van der Waals surface area contributed by atoms with Gasteiger partial charge in [0, 0.05) is 36.0 Å². The molecule has 7 atom stereocenters. The molecule has 1 heterocycles. The molecule has 6 amide bonds. The van der Waals surface area contributed by atoms with E-state index < -0.39 is 65.7 Å². The number of nitrogens with one attached hydrogen (secondary N) is 8. The molecule has 17 nitrogen and oxygen atoms in total. The summed E-state index contributed by atoms with van der Waals surface area (Å²) < 4.78 is 0. The number of thioether (sulfide) groups is 1. The second-order valence-corrected chi connectivity index (χ2v) is 15.2. The molecule has 0 bridgehead atoms. The topological polar surface area (TPSA) is 292 Å². The molecule has 18 heteroatoms. The SMILES string of the molecule is CC[C@H](C)[C@H](NC(=O)[C@H](C)NC(=O)[C@H](CCSC)NC(=O)[C@H](Cc1c[nH]c2ccccc12)NC(=O)[C@H](CCCCN)NC(=O)[C@@H](C)CCCNC(=N)N)C(N)=O. The third-order valence-electron chi connectivity index (χ3n) is 9.70. The lowest BCUT2D eigenvalue weighted by Gasteiger charge is -2.27. The maximum Gasteiger partial charge on any atom is 0.243 e. The van der Waals surface area contributed by atoms with Gasteiger partial charge in [0.15, 0.2) is 5.96 Å². The second kappa shape index (κ2) is 24.6. The van der Waals surface area contributed by atoms with Crippen LogP contribution < -0.4 is 49.1 Å². The van der Waals surface area contributed by atoms with Crippen molar-refractivity contribution in [2.24, 2.45) is 29.0 Å². The molecule has 2 rings (SSSR count). The Morgan fingerprint density at radius 1 is 0.786 bits per heavy atom. The van der Waals surface area contributed by atoms with Crippen LogP contribution in [0.15, 0.2) is 30.5 Å². The van der Waals surface area contributed by atoms with Gasteiger partial charge < -0.3 is 54.1 Å². The number of fused-ring (bicyclic) bond motifs is 1. The van der Waals surface area contributed by atoms with Gasteiger partial charge in [0.1, 0.15) is 30.2 Å². The molecule has 56 heavy (non-hydrogen) atoms. The quantitative estimate of drug-likeness (QED) is 0.0355. The van der Waals surface area contributed by atoms with Gasteiger partial charge in [0.05, 0.1) is 0 Å². The molecule has 0 aliphatic carbocycles. The number of aromatic amines is 1. The van der Waals surface area contributed by atoms with Crippen molar-refractivity contribution in [1.82, 2.24) is 36.9 Å². The van der Waals surface area contributed by atoms with Gasteiger partial charge in [-0.05, 0) is 81.5 Å². The van der Waals surface area contributed by atoms with E-state index in [1.807, 2.05) is 37.4 Å². The monoisotopic (exact) mass is 801 g/mol. The van der Waals surface area contributed by atoms with Crippen LogP contribution in [0.3, 0.4) is 0 Å². The van der Waals surface area contributed by atoms with Crippen LogP contribution in [0.4, 0.5) is 0 Å². The molecule has 0 aliphatic rings. The molecular weight excluding hydrogens is 739 g/mol. The minimum absolute atomic E-state index is 0.0599. The van der Waals surface area contributed by atoms with E-state index in [1.165, 1.54) is 18.7 Å². The number of hydrogen-bond acceptors (Lipinski definition) is 9. The van der Waals surface area contributed by atoms with E-state index in [1.54, 1.807) is 20.0 Å². The first-order chi connectivity index (χ1) is 26.6. The molecule has 0 fully saturated rings. The smallest absolute Gasteiger partial charge is 0.243 e. The fourth-order valence-electron chi connectivity index (χ4n) is 6.00. The Morgan fingerprint density at radius 2 is 1.41 bits per heavy atom. The van der Waals surface area contributed by atoms with Gasteiger partial charge in [0.25, 0.3) is 0 Å². The summed E-state index contributed by atoms with van der Waals surface area (Å²) in [6, 6.07) is 2.33. The maximum atomic E-state index is 14.2. The van der Waals surface area contributed by atoms with Crippen molar-refractivity contribution in [3.05, 3.63) is 36.0 Å². The van der Waals surface area contributed by atoms with Crippen LogP contribution in [-0.4, -0.2) is 102 Å². The summed E-state index contributed by atoms with van der Waals surface area (Å²) in [5.41, 5.74) is 18.2. The van der Waals surface area contributed by atoms with E-state index in [-0.39, 0.29) is 37.0 Å². The highest BCUT2D eigenvalue weighted by Gasteiger charge is 2.32. The van der Waals surface area contributed by atoms with Crippen LogP contribution in [0.5, 0.6) is 0 Å². The van der Waals surface area contributed by atoms with E-state index in [4.69, 9.17) is 22.6 Å². The van der Waals surface area contributed by atoms with Crippen molar-refractivity contribution in [1.29, 1.82) is 5.41 Å². The number of carbonyl (C=O) groups excluding carboxylic acids is 6. The van der Waals surface area contributed by atoms with Gasteiger partial charge >= 0.3 is 0 Å². The number of unbranched alkanes of at least 4 members (excludes halogenated alkanes) is 1. The summed E-state index contributed by atoms with van der Waals surface area (Å²) in [6.45, 7) is 7.69. The number of carbonyl (C=O) groups is 6. The average Bonchev–Trinajstić information content (AvgIpc) is 3.57. The zero-order valence-electron chi connectivity index (χ0n) is 33.3. The molecule has 0 spiro atoms. The fraction of sp³-hybridized carbons (Fsp3) is 0.605. The maximum absolute atomic E-state index is 14.2. The lowest BCUT2D eigenvalue weighted by Crippen LogP contribution is -2.59. The first-order valence-electron chi connectivity index (χ1n) is 19.3. The molecule has 312 valence electrons. The van der Waals surface area contributed by atoms with Crippen LogP contribution in [0.1, 0.15) is 78.2 Å². The Morgan fingerprint density at radius 3 is 2.05 bits per heavy atom. The van der Waals surface area contributed by atoms with Crippen molar-refractivity contribution in [3.63, 3.8) is 0 Å². The standard InChI is InChI=1S/C38H63N11O6S/c1-6-22(2)31(32(40)50)49-34(52)24(4)45-35(53)29(16-19-56-5)47-37(55)30(20-25-21-44-27-14-8-7-13-26(25)27)48-36(54)28(15-9-10-17-39)46-33(51)23(3)12-11-18-43-38(41)42/h7-8,13-14,21-24,28-31,44H,6,9-12,15-20,39H2,1-5H3,(H2,40,50)(H,45,53)(H,46,51)(H,47,55)(H,48,54)(H,49,52)(H4,41,42,43)/t22-,23-,24-,28-,29-,30-,31-/m0/s1. The third-order valence-corrected chi connectivity index (χ3v) is 10.3. The number of benzene rings is 1. The molecule has 0 aliphatic heterocycles. The average molecular weight is 802 g/mol. The van der Waals surface area contributed by atoms with Crippen molar-refractivity contribution in [2.75, 3.05) is 25.1 Å². The van der Waals surface area contributed by atoms with Crippen molar-refractivity contribution >= 4 is 64.1 Å². The van der Waals surface area contributed by atoms with Crippen molar-refractivity contribution in [3.8, 4) is 0 Å². The number of guanidine groups is 1.